The highest BCUT2D eigenvalue weighted by atomic mass is 16.5. The molecule has 3 rings (SSSR count). The zero-order chi connectivity index (χ0) is 14.8. The number of rotatable bonds is 4. The molecule has 1 aromatic carbocycles. The lowest BCUT2D eigenvalue weighted by Gasteiger charge is -2.37. The van der Waals surface area contributed by atoms with Crippen LogP contribution in [0.2, 0.25) is 0 Å². The van der Waals surface area contributed by atoms with E-state index in [1.165, 1.54) is 18.4 Å². The second kappa shape index (κ2) is 6.47. The number of ether oxygens (including phenoxy) is 1. The SMILES string of the molecule is CC(C)Cc1cccc(C(O)C2CN3CCCC3CO2)c1. The fourth-order valence-electron chi connectivity index (χ4n) is 3.62. The van der Waals surface area contributed by atoms with Crippen molar-refractivity contribution >= 4 is 0 Å². The van der Waals surface area contributed by atoms with E-state index in [9.17, 15) is 5.11 Å². The molecule has 1 N–H and O–H groups in total. The lowest BCUT2D eigenvalue weighted by Crippen LogP contribution is -2.48. The quantitative estimate of drug-likeness (QED) is 0.925. The van der Waals surface area contributed by atoms with Crippen LogP contribution in [0.1, 0.15) is 43.9 Å². The molecule has 21 heavy (non-hydrogen) atoms. The van der Waals surface area contributed by atoms with Gasteiger partial charge in [-0.15, -0.1) is 0 Å². The monoisotopic (exact) mass is 289 g/mol. The molecular formula is C18H27NO2. The number of morpholine rings is 1. The fourth-order valence-corrected chi connectivity index (χ4v) is 3.62. The van der Waals surface area contributed by atoms with Gasteiger partial charge in [0, 0.05) is 12.6 Å². The van der Waals surface area contributed by atoms with Crippen LogP contribution in [0.4, 0.5) is 0 Å². The molecule has 2 aliphatic rings. The second-order valence-electron chi connectivity index (χ2n) is 6.95. The molecule has 0 amide bonds. The van der Waals surface area contributed by atoms with E-state index in [-0.39, 0.29) is 6.10 Å². The highest BCUT2D eigenvalue weighted by molar-refractivity contribution is 5.26. The topological polar surface area (TPSA) is 32.7 Å². The van der Waals surface area contributed by atoms with Crippen LogP contribution in [0.5, 0.6) is 0 Å². The molecule has 3 nitrogen and oxygen atoms in total. The summed E-state index contributed by atoms with van der Waals surface area (Å²) in [6.07, 6.45) is 2.96. The van der Waals surface area contributed by atoms with E-state index < -0.39 is 6.10 Å². The van der Waals surface area contributed by atoms with Crippen LogP contribution in [-0.4, -0.2) is 41.8 Å². The van der Waals surface area contributed by atoms with Crippen LogP contribution in [0.15, 0.2) is 24.3 Å². The molecule has 0 aliphatic carbocycles. The zero-order valence-electron chi connectivity index (χ0n) is 13.2. The van der Waals surface area contributed by atoms with Crippen LogP contribution < -0.4 is 0 Å². The average Bonchev–Trinajstić information content (AvgIpc) is 2.93. The van der Waals surface area contributed by atoms with E-state index in [2.05, 4.69) is 36.9 Å². The molecule has 1 aromatic rings. The Morgan fingerprint density at radius 3 is 3.05 bits per heavy atom. The first-order chi connectivity index (χ1) is 10.1. The normalized spacial score (nSPS) is 27.8. The van der Waals surface area contributed by atoms with E-state index in [0.29, 0.717) is 12.0 Å². The summed E-state index contributed by atoms with van der Waals surface area (Å²) in [5.74, 6) is 0.633. The van der Waals surface area contributed by atoms with Crippen molar-refractivity contribution < 1.29 is 9.84 Å². The largest absolute Gasteiger partial charge is 0.386 e. The molecule has 116 valence electrons. The van der Waals surface area contributed by atoms with Crippen LogP contribution in [0.3, 0.4) is 0 Å². The molecule has 3 heteroatoms. The Labute approximate surface area is 127 Å². The maximum atomic E-state index is 10.7. The number of aliphatic hydroxyl groups excluding tert-OH is 1. The van der Waals surface area contributed by atoms with E-state index in [0.717, 1.165) is 31.7 Å². The molecule has 3 atom stereocenters. The summed E-state index contributed by atoms with van der Waals surface area (Å²) in [5.41, 5.74) is 2.30. The van der Waals surface area contributed by atoms with E-state index in [1.807, 2.05) is 6.07 Å². The van der Waals surface area contributed by atoms with Crippen molar-refractivity contribution in [3.05, 3.63) is 35.4 Å². The van der Waals surface area contributed by atoms with Crippen molar-refractivity contribution in [2.45, 2.75) is 51.4 Å². The minimum atomic E-state index is -0.515. The molecule has 2 heterocycles. The number of aliphatic hydroxyl groups is 1. The fraction of sp³-hybridized carbons (Fsp3) is 0.667. The van der Waals surface area contributed by atoms with Gasteiger partial charge in [-0.1, -0.05) is 38.1 Å². The minimum absolute atomic E-state index is 0.0892. The predicted octanol–water partition coefficient (Wildman–Crippen LogP) is 2.78. The number of benzene rings is 1. The summed E-state index contributed by atoms with van der Waals surface area (Å²) in [5, 5.41) is 10.7. The van der Waals surface area contributed by atoms with Crippen LogP contribution in [-0.2, 0) is 11.2 Å². The molecule has 0 bridgehead atoms. The van der Waals surface area contributed by atoms with Crippen molar-refractivity contribution in [3.8, 4) is 0 Å². The smallest absolute Gasteiger partial charge is 0.106 e. The Balaban J connectivity index is 1.68. The molecule has 0 aromatic heterocycles. The Morgan fingerprint density at radius 1 is 1.38 bits per heavy atom. The molecule has 0 spiro atoms. The van der Waals surface area contributed by atoms with Crippen molar-refractivity contribution in [1.82, 2.24) is 4.90 Å². The third-order valence-corrected chi connectivity index (χ3v) is 4.70. The van der Waals surface area contributed by atoms with E-state index in [4.69, 9.17) is 4.74 Å². The summed E-state index contributed by atoms with van der Waals surface area (Å²) in [7, 11) is 0. The van der Waals surface area contributed by atoms with Gasteiger partial charge in [-0.3, -0.25) is 4.90 Å². The molecular weight excluding hydrogens is 262 g/mol. The summed E-state index contributed by atoms with van der Waals surface area (Å²) >= 11 is 0. The third kappa shape index (κ3) is 3.47. The highest BCUT2D eigenvalue weighted by Gasteiger charge is 2.35. The molecule has 0 radical (unpaired) electrons. The molecule has 2 aliphatic heterocycles. The minimum Gasteiger partial charge on any atom is -0.386 e. The first kappa shape index (κ1) is 15.0. The first-order valence-electron chi connectivity index (χ1n) is 8.26. The molecule has 0 saturated carbocycles. The van der Waals surface area contributed by atoms with Crippen LogP contribution >= 0.6 is 0 Å². The Hall–Kier alpha value is -0.900. The van der Waals surface area contributed by atoms with Gasteiger partial charge in [0.15, 0.2) is 0 Å². The van der Waals surface area contributed by atoms with Gasteiger partial charge in [-0.05, 0) is 42.9 Å². The summed E-state index contributed by atoms with van der Waals surface area (Å²) in [6, 6.07) is 8.95. The number of hydrogen-bond acceptors (Lipinski definition) is 3. The van der Waals surface area contributed by atoms with E-state index >= 15 is 0 Å². The second-order valence-corrected chi connectivity index (χ2v) is 6.95. The van der Waals surface area contributed by atoms with E-state index in [1.54, 1.807) is 0 Å². The summed E-state index contributed by atoms with van der Waals surface area (Å²) in [4.78, 5) is 2.48. The number of nitrogens with zero attached hydrogens (tertiary/aromatic N) is 1. The summed E-state index contributed by atoms with van der Waals surface area (Å²) < 4.78 is 5.94. The van der Waals surface area contributed by atoms with Crippen LogP contribution in [0, 0.1) is 5.92 Å². The van der Waals surface area contributed by atoms with Gasteiger partial charge in [-0.2, -0.15) is 0 Å². The number of hydrogen-bond donors (Lipinski definition) is 1. The summed E-state index contributed by atoms with van der Waals surface area (Å²) in [6.45, 7) is 7.24. The van der Waals surface area contributed by atoms with Gasteiger partial charge in [0.1, 0.15) is 12.2 Å². The zero-order valence-corrected chi connectivity index (χ0v) is 13.2. The lowest BCUT2D eigenvalue weighted by molar-refractivity contribution is -0.103. The predicted molar refractivity (Wildman–Crippen MR) is 84.3 cm³/mol. The van der Waals surface area contributed by atoms with Crippen LogP contribution in [0.25, 0.3) is 0 Å². The molecule has 2 fully saturated rings. The Kier molecular flexibility index (Phi) is 4.63. The Bertz CT molecular complexity index is 474. The van der Waals surface area contributed by atoms with Gasteiger partial charge in [0.05, 0.1) is 6.61 Å². The van der Waals surface area contributed by atoms with Gasteiger partial charge >= 0.3 is 0 Å². The van der Waals surface area contributed by atoms with Gasteiger partial charge in [0.2, 0.25) is 0 Å². The average molecular weight is 289 g/mol. The van der Waals surface area contributed by atoms with Gasteiger partial charge in [-0.25, -0.2) is 0 Å². The maximum Gasteiger partial charge on any atom is 0.106 e. The Morgan fingerprint density at radius 2 is 2.24 bits per heavy atom. The van der Waals surface area contributed by atoms with Crippen molar-refractivity contribution in [3.63, 3.8) is 0 Å². The van der Waals surface area contributed by atoms with Gasteiger partial charge < -0.3 is 9.84 Å². The maximum absolute atomic E-state index is 10.7. The molecule has 3 unspecified atom stereocenters. The van der Waals surface area contributed by atoms with Gasteiger partial charge in [0.25, 0.3) is 0 Å². The van der Waals surface area contributed by atoms with Crippen molar-refractivity contribution in [2.75, 3.05) is 19.7 Å². The third-order valence-electron chi connectivity index (χ3n) is 4.70. The standard InChI is InChI=1S/C18H27NO2/c1-13(2)9-14-5-3-6-15(10-14)18(20)17-11-19-8-4-7-16(19)12-21-17/h3,5-6,10,13,16-18,20H,4,7-9,11-12H2,1-2H3. The van der Waals surface area contributed by atoms with Crippen molar-refractivity contribution in [2.24, 2.45) is 5.92 Å². The highest BCUT2D eigenvalue weighted by Crippen LogP contribution is 2.29. The lowest BCUT2D eigenvalue weighted by atomic mass is 9.96. The first-order valence-corrected chi connectivity index (χ1v) is 8.26. The molecule has 2 saturated heterocycles. The number of fused-ring (bicyclic) bond motifs is 1. The van der Waals surface area contributed by atoms with Crippen molar-refractivity contribution in [1.29, 1.82) is 0 Å².